The number of fused-ring (bicyclic) bond motifs is 1. The summed E-state index contributed by atoms with van der Waals surface area (Å²) in [5, 5.41) is 2.92. The van der Waals surface area contributed by atoms with Crippen molar-refractivity contribution in [3.8, 4) is 5.69 Å². The van der Waals surface area contributed by atoms with E-state index in [1.54, 1.807) is 32.0 Å². The lowest BCUT2D eigenvalue weighted by Gasteiger charge is -2.13. The van der Waals surface area contributed by atoms with E-state index in [1.165, 1.54) is 22.8 Å². The second kappa shape index (κ2) is 7.45. The van der Waals surface area contributed by atoms with Crippen LogP contribution >= 0.6 is 0 Å². The van der Waals surface area contributed by atoms with Crippen LogP contribution < -0.4 is 10.9 Å². The molecule has 3 rings (SSSR count). The Balaban J connectivity index is 2.05. The van der Waals surface area contributed by atoms with Gasteiger partial charge in [0, 0.05) is 6.61 Å². The maximum absolute atomic E-state index is 14.1. The molecule has 0 aliphatic rings. The summed E-state index contributed by atoms with van der Waals surface area (Å²) in [6.07, 6.45) is 0. The lowest BCUT2D eigenvalue weighted by atomic mass is 10.2. The first-order valence-electron chi connectivity index (χ1n) is 8.17. The minimum absolute atomic E-state index is 0.0216. The number of ether oxygens (including phenoxy) is 1. The summed E-state index contributed by atoms with van der Waals surface area (Å²) in [6, 6.07) is 11.1. The van der Waals surface area contributed by atoms with Crippen molar-refractivity contribution in [3.05, 3.63) is 64.5 Å². The molecule has 1 N–H and O–H groups in total. The van der Waals surface area contributed by atoms with Gasteiger partial charge in [-0.3, -0.25) is 14.2 Å². The second-order valence-corrected chi connectivity index (χ2v) is 5.67. The molecule has 26 heavy (non-hydrogen) atoms. The first kappa shape index (κ1) is 17.8. The van der Waals surface area contributed by atoms with Gasteiger partial charge in [-0.25, -0.2) is 9.37 Å². The molecule has 0 saturated heterocycles. The molecule has 0 aliphatic heterocycles. The summed E-state index contributed by atoms with van der Waals surface area (Å²) < 4.78 is 20.5. The Morgan fingerprint density at radius 1 is 1.27 bits per heavy atom. The normalized spacial score (nSPS) is 10.9. The largest absolute Gasteiger partial charge is 0.372 e. The van der Waals surface area contributed by atoms with Crippen molar-refractivity contribution >= 4 is 22.5 Å². The average molecular weight is 355 g/mol. The van der Waals surface area contributed by atoms with E-state index in [0.717, 1.165) is 0 Å². The Kier molecular flexibility index (Phi) is 5.09. The van der Waals surface area contributed by atoms with E-state index in [4.69, 9.17) is 4.74 Å². The van der Waals surface area contributed by atoms with Crippen LogP contribution in [0.4, 0.5) is 10.1 Å². The number of rotatable bonds is 5. The molecular formula is C19H18FN3O3. The minimum Gasteiger partial charge on any atom is -0.372 e. The van der Waals surface area contributed by atoms with Crippen LogP contribution in [0.3, 0.4) is 0 Å². The fourth-order valence-corrected chi connectivity index (χ4v) is 2.68. The number of carbonyl (C=O) groups excluding carboxylic acids is 1. The molecule has 1 heterocycles. The standard InChI is InChI=1S/C19H18FN3O3/c1-3-26-11-18(24)22-17-10-13(8-9-15(17)20)23-12(2)21-16-7-5-4-6-14(16)19(23)25/h4-10H,3,11H2,1-2H3,(H,22,24). The number of para-hydroxylation sites is 1. The second-order valence-electron chi connectivity index (χ2n) is 5.67. The van der Waals surface area contributed by atoms with E-state index in [9.17, 15) is 14.0 Å². The zero-order valence-corrected chi connectivity index (χ0v) is 14.5. The fourth-order valence-electron chi connectivity index (χ4n) is 2.68. The topological polar surface area (TPSA) is 73.2 Å². The summed E-state index contributed by atoms with van der Waals surface area (Å²) in [7, 11) is 0. The molecule has 1 amide bonds. The summed E-state index contributed by atoms with van der Waals surface area (Å²) in [5.74, 6) is -0.603. The smallest absolute Gasteiger partial charge is 0.265 e. The molecule has 0 saturated carbocycles. The Morgan fingerprint density at radius 2 is 2.04 bits per heavy atom. The molecule has 7 heteroatoms. The zero-order chi connectivity index (χ0) is 18.7. The van der Waals surface area contributed by atoms with Gasteiger partial charge in [-0.1, -0.05) is 12.1 Å². The molecule has 134 valence electrons. The third-order valence-corrected chi connectivity index (χ3v) is 3.86. The van der Waals surface area contributed by atoms with Crippen LogP contribution in [0.25, 0.3) is 16.6 Å². The Morgan fingerprint density at radius 3 is 2.81 bits per heavy atom. The van der Waals surface area contributed by atoms with E-state index < -0.39 is 11.7 Å². The van der Waals surface area contributed by atoms with Crippen molar-refractivity contribution in [2.45, 2.75) is 13.8 Å². The van der Waals surface area contributed by atoms with Crippen molar-refractivity contribution in [3.63, 3.8) is 0 Å². The predicted molar refractivity (Wildman–Crippen MR) is 97.2 cm³/mol. The van der Waals surface area contributed by atoms with Crippen LogP contribution in [0.5, 0.6) is 0 Å². The van der Waals surface area contributed by atoms with E-state index in [1.807, 2.05) is 6.07 Å². The van der Waals surface area contributed by atoms with Gasteiger partial charge in [0.05, 0.1) is 22.3 Å². The molecule has 0 bridgehead atoms. The van der Waals surface area contributed by atoms with Gasteiger partial charge in [-0.2, -0.15) is 0 Å². The summed E-state index contributed by atoms with van der Waals surface area (Å²) in [4.78, 5) is 29.1. The van der Waals surface area contributed by atoms with Crippen LogP contribution in [0, 0.1) is 12.7 Å². The predicted octanol–water partition coefficient (Wildman–Crippen LogP) is 2.81. The van der Waals surface area contributed by atoms with Gasteiger partial charge in [0.15, 0.2) is 0 Å². The first-order chi connectivity index (χ1) is 12.5. The molecule has 2 aromatic carbocycles. The summed E-state index contributed by atoms with van der Waals surface area (Å²) >= 11 is 0. The SMILES string of the molecule is CCOCC(=O)Nc1cc(-n2c(C)nc3ccccc3c2=O)ccc1F. The van der Waals surface area contributed by atoms with Crippen molar-refractivity contribution in [1.29, 1.82) is 0 Å². The molecule has 0 spiro atoms. The van der Waals surface area contributed by atoms with E-state index >= 15 is 0 Å². The Labute approximate surface area is 149 Å². The monoisotopic (exact) mass is 355 g/mol. The molecule has 0 atom stereocenters. The number of aromatic nitrogens is 2. The van der Waals surface area contributed by atoms with E-state index in [2.05, 4.69) is 10.3 Å². The molecule has 0 unspecified atom stereocenters. The van der Waals surface area contributed by atoms with Gasteiger partial charge in [-0.15, -0.1) is 0 Å². The third kappa shape index (κ3) is 3.48. The number of benzene rings is 2. The highest BCUT2D eigenvalue weighted by atomic mass is 19.1. The summed E-state index contributed by atoms with van der Waals surface area (Å²) in [6.45, 7) is 3.67. The Bertz CT molecular complexity index is 1030. The zero-order valence-electron chi connectivity index (χ0n) is 14.5. The van der Waals surface area contributed by atoms with E-state index in [0.29, 0.717) is 29.0 Å². The van der Waals surface area contributed by atoms with Crippen molar-refractivity contribution in [2.24, 2.45) is 0 Å². The van der Waals surface area contributed by atoms with Crippen LogP contribution in [-0.4, -0.2) is 28.7 Å². The number of nitrogens with zero attached hydrogens (tertiary/aromatic N) is 2. The Hall–Kier alpha value is -3.06. The van der Waals surface area contributed by atoms with Gasteiger partial charge in [0.1, 0.15) is 18.2 Å². The molecule has 0 aliphatic carbocycles. The van der Waals surface area contributed by atoms with Crippen LogP contribution in [-0.2, 0) is 9.53 Å². The van der Waals surface area contributed by atoms with Crippen LogP contribution in [0.2, 0.25) is 0 Å². The van der Waals surface area contributed by atoms with Crippen molar-refractivity contribution < 1.29 is 13.9 Å². The number of hydrogen-bond acceptors (Lipinski definition) is 4. The minimum atomic E-state index is -0.599. The molecule has 0 radical (unpaired) electrons. The highest BCUT2D eigenvalue weighted by Crippen LogP contribution is 2.20. The molecule has 3 aromatic rings. The lowest BCUT2D eigenvalue weighted by molar-refractivity contribution is -0.120. The number of halogens is 1. The number of anilines is 1. The summed E-state index contributed by atoms with van der Waals surface area (Å²) in [5.41, 5.74) is 0.732. The number of carbonyl (C=O) groups is 1. The fraction of sp³-hybridized carbons (Fsp3) is 0.211. The molecular weight excluding hydrogens is 337 g/mol. The third-order valence-electron chi connectivity index (χ3n) is 3.86. The van der Waals surface area contributed by atoms with Gasteiger partial charge >= 0.3 is 0 Å². The first-order valence-corrected chi connectivity index (χ1v) is 8.17. The number of hydrogen-bond donors (Lipinski definition) is 1. The van der Waals surface area contributed by atoms with Gasteiger partial charge in [0.2, 0.25) is 5.91 Å². The number of amides is 1. The maximum atomic E-state index is 14.1. The lowest BCUT2D eigenvalue weighted by Crippen LogP contribution is -2.23. The van der Waals surface area contributed by atoms with Gasteiger partial charge in [-0.05, 0) is 44.2 Å². The van der Waals surface area contributed by atoms with Crippen LogP contribution in [0.1, 0.15) is 12.7 Å². The van der Waals surface area contributed by atoms with Crippen molar-refractivity contribution in [1.82, 2.24) is 9.55 Å². The molecule has 6 nitrogen and oxygen atoms in total. The van der Waals surface area contributed by atoms with E-state index in [-0.39, 0.29) is 17.9 Å². The van der Waals surface area contributed by atoms with Crippen molar-refractivity contribution in [2.75, 3.05) is 18.5 Å². The number of nitrogens with one attached hydrogen (secondary N) is 1. The maximum Gasteiger partial charge on any atom is 0.265 e. The highest BCUT2D eigenvalue weighted by molar-refractivity contribution is 5.92. The highest BCUT2D eigenvalue weighted by Gasteiger charge is 2.13. The quantitative estimate of drug-likeness (QED) is 0.764. The number of aryl methyl sites for hydroxylation is 1. The van der Waals surface area contributed by atoms with Gasteiger partial charge in [0.25, 0.3) is 5.56 Å². The average Bonchev–Trinajstić information content (AvgIpc) is 2.62. The van der Waals surface area contributed by atoms with Gasteiger partial charge < -0.3 is 10.1 Å². The molecule has 0 fully saturated rings. The van der Waals surface area contributed by atoms with Crippen LogP contribution in [0.15, 0.2) is 47.3 Å². The molecule has 1 aromatic heterocycles.